The normalized spacial score (nSPS) is 10.1. The van der Waals surface area contributed by atoms with E-state index < -0.39 is 5.97 Å². The molecule has 0 spiro atoms. The van der Waals surface area contributed by atoms with Gasteiger partial charge in [0.25, 0.3) is 0 Å². The third-order valence-corrected chi connectivity index (χ3v) is 2.87. The second kappa shape index (κ2) is 4.23. The fourth-order valence-electron chi connectivity index (χ4n) is 1.14. The van der Waals surface area contributed by atoms with E-state index in [1.165, 1.54) is 37.0 Å². The Labute approximate surface area is 94.6 Å². The van der Waals surface area contributed by atoms with Gasteiger partial charge in [0, 0.05) is 5.56 Å². The number of rotatable bonds is 3. The van der Waals surface area contributed by atoms with Crippen LogP contribution in [0.4, 0.5) is 0 Å². The standard InChI is InChI=1S/C9H7N3O3S/c1-15-7-4-10-8(16-7)5-2-11-12-3-6(5)9(13)14/h2-4H,1H3,(H,13,14). The molecule has 0 amide bonds. The lowest BCUT2D eigenvalue weighted by Gasteiger charge is -1.99. The second-order valence-electron chi connectivity index (χ2n) is 2.81. The summed E-state index contributed by atoms with van der Waals surface area (Å²) in [6, 6.07) is 0. The van der Waals surface area contributed by atoms with E-state index in [2.05, 4.69) is 15.2 Å². The van der Waals surface area contributed by atoms with Crippen molar-refractivity contribution in [2.24, 2.45) is 0 Å². The molecule has 7 heteroatoms. The number of aromatic carboxylic acids is 1. The molecule has 2 heterocycles. The summed E-state index contributed by atoms with van der Waals surface area (Å²) in [6.45, 7) is 0. The highest BCUT2D eigenvalue weighted by molar-refractivity contribution is 7.16. The van der Waals surface area contributed by atoms with E-state index in [-0.39, 0.29) is 5.56 Å². The average Bonchev–Trinajstić information content (AvgIpc) is 2.77. The Hall–Kier alpha value is -2.02. The zero-order valence-electron chi connectivity index (χ0n) is 8.25. The molecule has 0 saturated carbocycles. The van der Waals surface area contributed by atoms with Crippen LogP contribution in [0.3, 0.4) is 0 Å². The lowest BCUT2D eigenvalue weighted by atomic mass is 10.2. The summed E-state index contributed by atoms with van der Waals surface area (Å²) in [5.74, 6) is -1.06. The highest BCUT2D eigenvalue weighted by atomic mass is 32.1. The van der Waals surface area contributed by atoms with Crippen molar-refractivity contribution in [2.75, 3.05) is 7.11 Å². The lowest BCUT2D eigenvalue weighted by molar-refractivity contribution is 0.0697. The Morgan fingerprint density at radius 2 is 2.12 bits per heavy atom. The molecule has 2 rings (SSSR count). The number of carboxylic acids is 1. The van der Waals surface area contributed by atoms with E-state index in [1.54, 1.807) is 0 Å². The van der Waals surface area contributed by atoms with Gasteiger partial charge in [-0.1, -0.05) is 11.3 Å². The molecule has 0 radical (unpaired) electrons. The van der Waals surface area contributed by atoms with Crippen LogP contribution in [-0.4, -0.2) is 33.4 Å². The van der Waals surface area contributed by atoms with Gasteiger partial charge in [0.15, 0.2) is 5.06 Å². The lowest BCUT2D eigenvalue weighted by Crippen LogP contribution is -2.01. The van der Waals surface area contributed by atoms with Gasteiger partial charge in [-0.3, -0.25) is 0 Å². The minimum absolute atomic E-state index is 0.0759. The quantitative estimate of drug-likeness (QED) is 0.866. The average molecular weight is 237 g/mol. The molecular weight excluding hydrogens is 230 g/mol. The summed E-state index contributed by atoms with van der Waals surface area (Å²) in [6.07, 6.45) is 4.11. The van der Waals surface area contributed by atoms with Crippen LogP contribution in [-0.2, 0) is 0 Å². The first kappa shape index (κ1) is 10.5. The smallest absolute Gasteiger partial charge is 0.338 e. The molecule has 82 valence electrons. The fourth-order valence-corrected chi connectivity index (χ4v) is 1.90. The molecule has 6 nitrogen and oxygen atoms in total. The van der Waals surface area contributed by atoms with Crippen molar-refractivity contribution < 1.29 is 14.6 Å². The van der Waals surface area contributed by atoms with Crippen LogP contribution in [0.25, 0.3) is 10.6 Å². The largest absolute Gasteiger partial charge is 0.486 e. The number of carboxylic acid groups (broad SMARTS) is 1. The first-order valence-electron chi connectivity index (χ1n) is 4.26. The van der Waals surface area contributed by atoms with E-state index in [1.807, 2.05) is 0 Å². The fraction of sp³-hybridized carbons (Fsp3) is 0.111. The van der Waals surface area contributed by atoms with Crippen LogP contribution in [0.1, 0.15) is 10.4 Å². The Bertz CT molecular complexity index is 526. The summed E-state index contributed by atoms with van der Waals surface area (Å²) < 4.78 is 4.99. The number of ether oxygens (including phenoxy) is 1. The van der Waals surface area contributed by atoms with Crippen molar-refractivity contribution in [3.63, 3.8) is 0 Å². The van der Waals surface area contributed by atoms with Crippen LogP contribution in [0.2, 0.25) is 0 Å². The van der Waals surface area contributed by atoms with Crippen LogP contribution in [0, 0.1) is 0 Å². The molecular formula is C9H7N3O3S. The number of nitrogens with zero attached hydrogens (tertiary/aromatic N) is 3. The third-order valence-electron chi connectivity index (χ3n) is 1.88. The van der Waals surface area contributed by atoms with Crippen molar-refractivity contribution in [3.05, 3.63) is 24.2 Å². The minimum Gasteiger partial charge on any atom is -0.486 e. The highest BCUT2D eigenvalue weighted by Crippen LogP contribution is 2.31. The molecule has 0 unspecified atom stereocenters. The molecule has 0 aliphatic heterocycles. The summed E-state index contributed by atoms with van der Waals surface area (Å²) >= 11 is 1.25. The van der Waals surface area contributed by atoms with Gasteiger partial charge in [0.1, 0.15) is 5.01 Å². The summed E-state index contributed by atoms with van der Waals surface area (Å²) in [4.78, 5) is 15.0. The molecule has 0 aromatic carbocycles. The number of hydrogen-bond acceptors (Lipinski definition) is 6. The van der Waals surface area contributed by atoms with Crippen LogP contribution < -0.4 is 4.74 Å². The van der Waals surface area contributed by atoms with Gasteiger partial charge >= 0.3 is 5.97 Å². The third kappa shape index (κ3) is 1.84. The molecule has 1 N–H and O–H groups in total. The second-order valence-corrected chi connectivity index (χ2v) is 3.80. The van der Waals surface area contributed by atoms with Gasteiger partial charge in [-0.2, -0.15) is 10.2 Å². The number of carbonyl (C=O) groups is 1. The molecule has 2 aromatic heterocycles. The SMILES string of the molecule is COc1cnc(-c2cnncc2C(=O)O)s1. The maximum absolute atomic E-state index is 10.9. The number of methoxy groups -OCH3 is 1. The van der Waals surface area contributed by atoms with Gasteiger partial charge in [-0.05, 0) is 0 Å². The minimum atomic E-state index is -1.06. The van der Waals surface area contributed by atoms with Gasteiger partial charge in [-0.15, -0.1) is 0 Å². The Kier molecular flexibility index (Phi) is 2.78. The van der Waals surface area contributed by atoms with Crippen molar-refractivity contribution in [3.8, 4) is 15.6 Å². The van der Waals surface area contributed by atoms with Crippen molar-refractivity contribution in [1.82, 2.24) is 15.2 Å². The zero-order valence-corrected chi connectivity index (χ0v) is 9.06. The topological polar surface area (TPSA) is 85.2 Å². The Morgan fingerprint density at radius 3 is 2.75 bits per heavy atom. The van der Waals surface area contributed by atoms with Crippen LogP contribution in [0.15, 0.2) is 18.6 Å². The molecule has 0 aliphatic carbocycles. The molecule has 0 saturated heterocycles. The van der Waals surface area contributed by atoms with Crippen molar-refractivity contribution in [2.45, 2.75) is 0 Å². The maximum Gasteiger partial charge on any atom is 0.338 e. The van der Waals surface area contributed by atoms with E-state index in [4.69, 9.17) is 9.84 Å². The van der Waals surface area contributed by atoms with E-state index in [0.29, 0.717) is 15.6 Å². The van der Waals surface area contributed by atoms with Gasteiger partial charge in [0.2, 0.25) is 0 Å². The van der Waals surface area contributed by atoms with Crippen LogP contribution >= 0.6 is 11.3 Å². The molecule has 0 bridgehead atoms. The first-order chi connectivity index (χ1) is 7.72. The predicted molar refractivity (Wildman–Crippen MR) is 56.7 cm³/mol. The predicted octanol–water partition coefficient (Wildman–Crippen LogP) is 1.31. The Morgan fingerprint density at radius 1 is 1.38 bits per heavy atom. The monoisotopic (exact) mass is 237 g/mol. The first-order valence-corrected chi connectivity index (χ1v) is 5.08. The van der Waals surface area contributed by atoms with Gasteiger partial charge in [-0.25, -0.2) is 9.78 Å². The summed E-state index contributed by atoms with van der Waals surface area (Å²) in [7, 11) is 1.53. The summed E-state index contributed by atoms with van der Waals surface area (Å²) in [5.41, 5.74) is 0.516. The van der Waals surface area contributed by atoms with E-state index in [0.717, 1.165) is 0 Å². The molecule has 2 aromatic rings. The Balaban J connectivity index is 2.50. The van der Waals surface area contributed by atoms with Crippen molar-refractivity contribution >= 4 is 17.3 Å². The number of aromatic nitrogens is 3. The number of hydrogen-bond donors (Lipinski definition) is 1. The van der Waals surface area contributed by atoms with E-state index >= 15 is 0 Å². The zero-order chi connectivity index (χ0) is 11.5. The van der Waals surface area contributed by atoms with Crippen molar-refractivity contribution in [1.29, 1.82) is 0 Å². The molecule has 16 heavy (non-hydrogen) atoms. The molecule has 0 fully saturated rings. The number of thiazole rings is 1. The van der Waals surface area contributed by atoms with Crippen LogP contribution in [0.5, 0.6) is 5.06 Å². The highest BCUT2D eigenvalue weighted by Gasteiger charge is 2.15. The molecule has 0 atom stereocenters. The summed E-state index contributed by atoms with van der Waals surface area (Å²) in [5, 5.41) is 17.3. The van der Waals surface area contributed by atoms with E-state index in [9.17, 15) is 4.79 Å². The van der Waals surface area contributed by atoms with Gasteiger partial charge < -0.3 is 9.84 Å². The molecule has 0 aliphatic rings. The maximum atomic E-state index is 10.9. The van der Waals surface area contributed by atoms with Gasteiger partial charge in [0.05, 0.1) is 31.3 Å².